The first kappa shape index (κ1) is 24.1. The summed E-state index contributed by atoms with van der Waals surface area (Å²) in [6.45, 7) is 10.9. The van der Waals surface area contributed by atoms with Gasteiger partial charge in [-0.1, -0.05) is 13.3 Å². The second-order valence-corrected chi connectivity index (χ2v) is 9.16. The van der Waals surface area contributed by atoms with Crippen LogP contribution in [0.25, 0.3) is 0 Å². The first-order valence-corrected chi connectivity index (χ1v) is 9.66. The molecule has 0 saturated heterocycles. The van der Waals surface area contributed by atoms with Gasteiger partial charge in [0.15, 0.2) is 0 Å². The Balaban J connectivity index is 4.59. The maximum absolute atomic E-state index is 12.5. The molecular formula is C16H31O8P. The number of phosphoric acid groups is 1. The van der Waals surface area contributed by atoms with Crippen molar-refractivity contribution in [3.8, 4) is 0 Å². The molecule has 0 unspecified atom stereocenters. The van der Waals surface area contributed by atoms with Gasteiger partial charge in [-0.05, 0) is 48.0 Å². The van der Waals surface area contributed by atoms with Crippen LogP contribution in [0.15, 0.2) is 0 Å². The molecule has 0 aromatic rings. The number of carbonyl (C=O) groups excluding carboxylic acids is 2. The monoisotopic (exact) mass is 382 g/mol. The van der Waals surface area contributed by atoms with Crippen LogP contribution in [0.5, 0.6) is 0 Å². The fourth-order valence-electron chi connectivity index (χ4n) is 1.15. The normalized spacial score (nSPS) is 12.8. The molecule has 0 aliphatic heterocycles. The number of hydrogen-bond acceptors (Lipinski definition) is 8. The van der Waals surface area contributed by atoms with Crippen molar-refractivity contribution in [2.24, 2.45) is 10.8 Å². The number of rotatable bonds is 10. The summed E-state index contributed by atoms with van der Waals surface area (Å²) in [5.41, 5.74) is -1.45. The third-order valence-electron chi connectivity index (χ3n) is 2.77. The second kappa shape index (κ2) is 10.3. The molecule has 0 aliphatic carbocycles. The van der Waals surface area contributed by atoms with Crippen LogP contribution in [-0.4, -0.2) is 32.1 Å². The minimum absolute atomic E-state index is 0.133. The molecule has 0 spiro atoms. The lowest BCUT2D eigenvalue weighted by atomic mass is 9.98. The molecule has 0 aromatic carbocycles. The summed E-state index contributed by atoms with van der Waals surface area (Å²) in [6, 6.07) is 0. The van der Waals surface area contributed by atoms with Crippen molar-refractivity contribution in [2.45, 2.75) is 61.3 Å². The standard InChI is InChI=1S/C16H31O8P/c1-8-9-10-22-25(19,23-11-20-13(17)15(2,3)4)24-12-21-14(18)16(5,6)7/h8-12H2,1-7H3. The summed E-state index contributed by atoms with van der Waals surface area (Å²) >= 11 is 0. The van der Waals surface area contributed by atoms with Gasteiger partial charge >= 0.3 is 19.8 Å². The van der Waals surface area contributed by atoms with Gasteiger partial charge in [-0.3, -0.25) is 14.1 Å². The predicted octanol–water partition coefficient (Wildman–Crippen LogP) is 4.04. The van der Waals surface area contributed by atoms with Crippen LogP contribution in [0.1, 0.15) is 61.3 Å². The zero-order chi connectivity index (χ0) is 19.7. The van der Waals surface area contributed by atoms with Crippen molar-refractivity contribution in [1.82, 2.24) is 0 Å². The summed E-state index contributed by atoms with van der Waals surface area (Å²) in [4.78, 5) is 23.4. The average molecular weight is 382 g/mol. The molecule has 0 fully saturated rings. The number of esters is 2. The van der Waals surface area contributed by atoms with E-state index in [9.17, 15) is 14.2 Å². The molecule has 9 heteroatoms. The van der Waals surface area contributed by atoms with E-state index in [1.54, 1.807) is 41.5 Å². The Morgan fingerprint density at radius 3 is 1.52 bits per heavy atom. The molecule has 0 heterocycles. The van der Waals surface area contributed by atoms with Gasteiger partial charge in [0.25, 0.3) is 0 Å². The van der Waals surface area contributed by atoms with Crippen LogP contribution in [0.2, 0.25) is 0 Å². The fourth-order valence-corrected chi connectivity index (χ4v) is 2.09. The first-order valence-electron chi connectivity index (χ1n) is 8.20. The predicted molar refractivity (Wildman–Crippen MR) is 91.5 cm³/mol. The maximum Gasteiger partial charge on any atom is 0.480 e. The van der Waals surface area contributed by atoms with E-state index in [0.717, 1.165) is 6.42 Å². The molecule has 0 saturated carbocycles. The molecular weight excluding hydrogens is 351 g/mol. The number of unbranched alkanes of at least 4 members (excludes halogenated alkanes) is 1. The van der Waals surface area contributed by atoms with Gasteiger partial charge in [-0.25, -0.2) is 13.6 Å². The summed E-state index contributed by atoms with van der Waals surface area (Å²) in [6.07, 6.45) is 1.46. The van der Waals surface area contributed by atoms with Crippen molar-refractivity contribution < 1.29 is 37.2 Å². The van der Waals surface area contributed by atoms with Crippen molar-refractivity contribution >= 4 is 19.8 Å². The third-order valence-corrected chi connectivity index (χ3v) is 4.12. The van der Waals surface area contributed by atoms with Crippen molar-refractivity contribution in [3.05, 3.63) is 0 Å². The molecule has 0 aliphatic rings. The van der Waals surface area contributed by atoms with E-state index in [4.69, 9.17) is 23.0 Å². The molecule has 0 rings (SSSR count). The molecule has 0 amide bonds. The highest BCUT2D eigenvalue weighted by atomic mass is 31.2. The topological polar surface area (TPSA) is 97.4 Å². The van der Waals surface area contributed by atoms with Crippen LogP contribution >= 0.6 is 7.82 Å². The lowest BCUT2D eigenvalue weighted by molar-refractivity contribution is -0.163. The van der Waals surface area contributed by atoms with Gasteiger partial charge in [-0.2, -0.15) is 0 Å². The molecule has 0 aromatic heterocycles. The average Bonchev–Trinajstić information content (AvgIpc) is 2.45. The lowest BCUT2D eigenvalue weighted by Crippen LogP contribution is -2.25. The first-order chi connectivity index (χ1) is 11.3. The Labute approximate surface area is 150 Å². The summed E-state index contributed by atoms with van der Waals surface area (Å²) in [5.74, 6) is -1.04. The van der Waals surface area contributed by atoms with E-state index < -0.39 is 44.2 Å². The summed E-state index contributed by atoms with van der Waals surface area (Å²) in [5, 5.41) is 0. The van der Waals surface area contributed by atoms with Crippen molar-refractivity contribution in [1.29, 1.82) is 0 Å². The smallest absolute Gasteiger partial charge is 0.437 e. The quantitative estimate of drug-likeness (QED) is 0.242. The van der Waals surface area contributed by atoms with Gasteiger partial charge < -0.3 is 9.47 Å². The van der Waals surface area contributed by atoms with E-state index in [2.05, 4.69) is 0 Å². The van der Waals surface area contributed by atoms with E-state index in [-0.39, 0.29) is 6.61 Å². The number of carbonyl (C=O) groups is 2. The van der Waals surface area contributed by atoms with Gasteiger partial charge in [0.1, 0.15) is 0 Å². The summed E-state index contributed by atoms with van der Waals surface area (Å²) < 4.78 is 37.4. The Morgan fingerprint density at radius 1 is 0.800 bits per heavy atom. The van der Waals surface area contributed by atoms with Gasteiger partial charge in [0.05, 0.1) is 17.4 Å². The highest BCUT2D eigenvalue weighted by Gasteiger charge is 2.31. The Kier molecular flexibility index (Phi) is 9.87. The number of hydrogen-bond donors (Lipinski definition) is 0. The number of phosphoric ester groups is 1. The Morgan fingerprint density at radius 2 is 1.20 bits per heavy atom. The molecule has 0 N–H and O–H groups in total. The molecule has 0 radical (unpaired) electrons. The number of ether oxygens (including phenoxy) is 2. The SMILES string of the molecule is CCCCOP(=O)(OCOC(=O)C(C)(C)C)OCOC(=O)C(C)(C)C. The molecule has 8 nitrogen and oxygen atoms in total. The third kappa shape index (κ3) is 10.6. The van der Waals surface area contributed by atoms with E-state index in [0.29, 0.717) is 6.42 Å². The largest absolute Gasteiger partial charge is 0.480 e. The minimum atomic E-state index is -4.02. The summed E-state index contributed by atoms with van der Waals surface area (Å²) in [7, 11) is -4.02. The van der Waals surface area contributed by atoms with Crippen LogP contribution in [0, 0.1) is 10.8 Å². The highest BCUT2D eigenvalue weighted by Crippen LogP contribution is 2.49. The van der Waals surface area contributed by atoms with Crippen molar-refractivity contribution in [3.63, 3.8) is 0 Å². The Hall–Kier alpha value is -0.950. The zero-order valence-electron chi connectivity index (χ0n) is 16.2. The van der Waals surface area contributed by atoms with Gasteiger partial charge in [-0.15, -0.1) is 0 Å². The van der Waals surface area contributed by atoms with Gasteiger partial charge in [0, 0.05) is 0 Å². The van der Waals surface area contributed by atoms with E-state index in [1.807, 2.05) is 6.92 Å². The molecule has 25 heavy (non-hydrogen) atoms. The van der Waals surface area contributed by atoms with Gasteiger partial charge in [0.2, 0.25) is 13.6 Å². The van der Waals surface area contributed by atoms with Crippen LogP contribution in [0.4, 0.5) is 0 Å². The molecule has 0 atom stereocenters. The zero-order valence-corrected chi connectivity index (χ0v) is 17.1. The molecule has 148 valence electrons. The van der Waals surface area contributed by atoms with Crippen molar-refractivity contribution in [2.75, 3.05) is 20.2 Å². The van der Waals surface area contributed by atoms with E-state index in [1.165, 1.54) is 0 Å². The lowest BCUT2D eigenvalue weighted by Gasteiger charge is -2.21. The van der Waals surface area contributed by atoms with Crippen LogP contribution < -0.4 is 0 Å². The Bertz CT molecular complexity index is 440. The second-order valence-electron chi connectivity index (χ2n) is 7.49. The molecule has 0 bridgehead atoms. The fraction of sp³-hybridized carbons (Fsp3) is 0.875. The minimum Gasteiger partial charge on any atom is -0.437 e. The maximum atomic E-state index is 12.5. The highest BCUT2D eigenvalue weighted by molar-refractivity contribution is 7.48. The van der Waals surface area contributed by atoms with Crippen LogP contribution in [0.3, 0.4) is 0 Å². The van der Waals surface area contributed by atoms with E-state index >= 15 is 0 Å². The van der Waals surface area contributed by atoms with Crippen LogP contribution in [-0.2, 0) is 37.2 Å².